The molecule has 4 rings (SSSR count). The van der Waals surface area contributed by atoms with Crippen LogP contribution in [-0.2, 0) is 19.7 Å². The Kier molecular flexibility index (Phi) is 8.87. The van der Waals surface area contributed by atoms with Crippen molar-refractivity contribution in [3.8, 4) is 11.5 Å². The highest BCUT2D eigenvalue weighted by atomic mass is 16.5. The van der Waals surface area contributed by atoms with E-state index in [4.69, 9.17) is 20.3 Å². The summed E-state index contributed by atoms with van der Waals surface area (Å²) in [5, 5.41) is 18.3. The van der Waals surface area contributed by atoms with Gasteiger partial charge in [0.2, 0.25) is 11.9 Å². The van der Waals surface area contributed by atoms with Crippen LogP contribution in [0, 0.1) is 6.92 Å². The molecule has 4 aromatic rings. The molecule has 2 aromatic carbocycles. The van der Waals surface area contributed by atoms with Crippen LogP contribution in [-0.4, -0.2) is 56.0 Å². The molecule has 0 aliphatic heterocycles. The SMILES string of the molecule is CCn1nc(C)cc1C(=O)Nc1nc2cc(C(N)=O)cc(OCc3ccc(OC)cc3)c2n1C/C=C/CNC(=O)O. The van der Waals surface area contributed by atoms with Crippen LogP contribution in [0.25, 0.3) is 11.0 Å². The van der Waals surface area contributed by atoms with Crippen molar-refractivity contribution in [1.82, 2.24) is 24.6 Å². The van der Waals surface area contributed by atoms with Gasteiger partial charge in [-0.3, -0.25) is 19.6 Å². The number of nitrogens with zero attached hydrogens (tertiary/aromatic N) is 4. The van der Waals surface area contributed by atoms with Crippen LogP contribution in [0.4, 0.5) is 10.7 Å². The van der Waals surface area contributed by atoms with Crippen molar-refractivity contribution in [2.24, 2.45) is 5.73 Å². The minimum Gasteiger partial charge on any atom is -0.497 e. The second-order valence-electron chi connectivity index (χ2n) is 8.99. The summed E-state index contributed by atoms with van der Waals surface area (Å²) in [5.74, 6) is 0.138. The van der Waals surface area contributed by atoms with Gasteiger partial charge in [0.05, 0.1) is 18.3 Å². The molecule has 0 spiro atoms. The third-order valence-electron chi connectivity index (χ3n) is 6.13. The first-order valence-electron chi connectivity index (χ1n) is 12.8. The number of hydrogen-bond donors (Lipinski definition) is 4. The Morgan fingerprint density at radius 3 is 2.54 bits per heavy atom. The zero-order chi connectivity index (χ0) is 29.5. The smallest absolute Gasteiger partial charge is 0.404 e. The number of aromatic nitrogens is 4. The maximum Gasteiger partial charge on any atom is 0.404 e. The van der Waals surface area contributed by atoms with E-state index in [1.165, 1.54) is 12.1 Å². The van der Waals surface area contributed by atoms with Crippen molar-refractivity contribution in [2.45, 2.75) is 33.5 Å². The highest BCUT2D eigenvalue weighted by Crippen LogP contribution is 2.32. The van der Waals surface area contributed by atoms with Gasteiger partial charge in [-0.25, -0.2) is 9.78 Å². The molecule has 0 saturated heterocycles. The number of carbonyl (C=O) groups is 3. The van der Waals surface area contributed by atoms with Crippen molar-refractivity contribution in [1.29, 1.82) is 0 Å². The monoisotopic (exact) mass is 561 g/mol. The first kappa shape index (κ1) is 28.7. The predicted octanol–water partition coefficient (Wildman–Crippen LogP) is 3.32. The number of fused-ring (bicyclic) bond motifs is 1. The number of imidazole rings is 1. The lowest BCUT2D eigenvalue weighted by molar-refractivity contribution is 0.0995. The lowest BCUT2D eigenvalue weighted by atomic mass is 10.1. The topological polar surface area (TPSA) is 176 Å². The number of ether oxygens (including phenoxy) is 2. The molecule has 214 valence electrons. The lowest BCUT2D eigenvalue weighted by Gasteiger charge is -2.13. The van der Waals surface area contributed by atoms with E-state index in [2.05, 4.69) is 20.7 Å². The van der Waals surface area contributed by atoms with Crippen LogP contribution < -0.4 is 25.8 Å². The summed E-state index contributed by atoms with van der Waals surface area (Å²) in [5.41, 5.74) is 8.57. The number of allylic oxidation sites excluding steroid dienone is 1. The zero-order valence-corrected chi connectivity index (χ0v) is 22.9. The molecule has 13 heteroatoms. The molecule has 5 N–H and O–H groups in total. The molecule has 3 amide bonds. The van der Waals surface area contributed by atoms with Gasteiger partial charge >= 0.3 is 6.09 Å². The van der Waals surface area contributed by atoms with Gasteiger partial charge in [-0.15, -0.1) is 0 Å². The minimum atomic E-state index is -1.15. The second kappa shape index (κ2) is 12.7. The van der Waals surface area contributed by atoms with Crippen molar-refractivity contribution < 1.29 is 29.0 Å². The molecule has 0 aliphatic carbocycles. The number of benzene rings is 2. The number of hydrogen-bond acceptors (Lipinski definition) is 7. The van der Waals surface area contributed by atoms with Gasteiger partial charge in [0.25, 0.3) is 5.91 Å². The summed E-state index contributed by atoms with van der Waals surface area (Å²) >= 11 is 0. The molecule has 0 bridgehead atoms. The number of aryl methyl sites for hydroxylation is 2. The maximum absolute atomic E-state index is 13.3. The number of methoxy groups -OCH3 is 1. The number of nitrogens with one attached hydrogen (secondary N) is 2. The van der Waals surface area contributed by atoms with Crippen molar-refractivity contribution >= 4 is 34.9 Å². The molecule has 0 radical (unpaired) electrons. The predicted molar refractivity (Wildman–Crippen MR) is 151 cm³/mol. The number of amides is 3. The number of rotatable bonds is 12. The van der Waals surface area contributed by atoms with E-state index in [-0.39, 0.29) is 31.2 Å². The fourth-order valence-corrected chi connectivity index (χ4v) is 4.18. The third kappa shape index (κ3) is 6.82. The summed E-state index contributed by atoms with van der Waals surface area (Å²) in [7, 11) is 1.58. The van der Waals surface area contributed by atoms with E-state index in [0.29, 0.717) is 40.5 Å². The third-order valence-corrected chi connectivity index (χ3v) is 6.13. The summed E-state index contributed by atoms with van der Waals surface area (Å²) in [4.78, 5) is 40.8. The van der Waals surface area contributed by atoms with E-state index >= 15 is 0 Å². The van der Waals surface area contributed by atoms with E-state index in [0.717, 1.165) is 5.56 Å². The minimum absolute atomic E-state index is 0.0886. The molecule has 0 atom stereocenters. The fraction of sp³-hybridized carbons (Fsp3) is 0.250. The van der Waals surface area contributed by atoms with Crippen LogP contribution in [0.2, 0.25) is 0 Å². The molecule has 0 unspecified atom stereocenters. The Morgan fingerprint density at radius 2 is 1.88 bits per heavy atom. The number of primary amides is 1. The highest BCUT2D eigenvalue weighted by Gasteiger charge is 2.21. The molecule has 41 heavy (non-hydrogen) atoms. The largest absolute Gasteiger partial charge is 0.497 e. The summed E-state index contributed by atoms with van der Waals surface area (Å²) in [6.45, 7) is 4.64. The van der Waals surface area contributed by atoms with Gasteiger partial charge in [0.15, 0.2) is 0 Å². The highest BCUT2D eigenvalue weighted by molar-refractivity contribution is 6.04. The van der Waals surface area contributed by atoms with Gasteiger partial charge < -0.3 is 30.2 Å². The van der Waals surface area contributed by atoms with Gasteiger partial charge in [0, 0.05) is 25.2 Å². The van der Waals surface area contributed by atoms with Crippen molar-refractivity contribution in [3.63, 3.8) is 0 Å². The number of anilines is 1. The first-order valence-corrected chi connectivity index (χ1v) is 12.8. The molecule has 2 aromatic heterocycles. The molecule has 0 aliphatic rings. The fourth-order valence-electron chi connectivity index (χ4n) is 4.18. The lowest BCUT2D eigenvalue weighted by Crippen LogP contribution is -2.21. The zero-order valence-electron chi connectivity index (χ0n) is 22.9. The standard InChI is InChI=1S/C28H31N7O6/c1-4-35-22(13-17(2)33-35)26(37)32-27-31-21-14-19(25(29)36)15-23(41-16-18-7-9-20(40-3)10-8-18)24(21)34(27)12-6-5-11-30-28(38)39/h5-10,13-15,30H,4,11-12,16H2,1-3H3,(H2,29,36)(H,38,39)(H,31,32,37)/b6-5+. The molecule has 13 nitrogen and oxygen atoms in total. The Labute approximate surface area is 235 Å². The molecule has 0 fully saturated rings. The quantitative estimate of drug-likeness (QED) is 0.190. The van der Waals surface area contributed by atoms with Gasteiger partial charge in [-0.1, -0.05) is 24.3 Å². The van der Waals surface area contributed by atoms with E-state index in [1.807, 2.05) is 31.2 Å². The summed E-state index contributed by atoms with van der Waals surface area (Å²) in [6, 6.07) is 12.1. The number of nitrogens with two attached hydrogens (primary N) is 1. The van der Waals surface area contributed by atoms with Crippen LogP contribution >= 0.6 is 0 Å². The van der Waals surface area contributed by atoms with Gasteiger partial charge in [-0.2, -0.15) is 5.10 Å². The van der Waals surface area contributed by atoms with Crippen LogP contribution in [0.5, 0.6) is 11.5 Å². The van der Waals surface area contributed by atoms with Crippen molar-refractivity contribution in [3.05, 3.63) is 77.1 Å². The summed E-state index contributed by atoms with van der Waals surface area (Å²) in [6.07, 6.45) is 2.21. The molecule has 2 heterocycles. The van der Waals surface area contributed by atoms with Gasteiger partial charge in [0.1, 0.15) is 29.3 Å². The Hall–Kier alpha value is -5.33. The number of carboxylic acid groups (broad SMARTS) is 1. The van der Waals surface area contributed by atoms with Crippen LogP contribution in [0.3, 0.4) is 0 Å². The van der Waals surface area contributed by atoms with Crippen LogP contribution in [0.1, 0.15) is 39.0 Å². The van der Waals surface area contributed by atoms with E-state index in [1.54, 1.807) is 41.5 Å². The van der Waals surface area contributed by atoms with Crippen molar-refractivity contribution in [2.75, 3.05) is 19.0 Å². The maximum atomic E-state index is 13.3. The Morgan fingerprint density at radius 1 is 1.12 bits per heavy atom. The Bertz CT molecular complexity index is 1600. The van der Waals surface area contributed by atoms with Crippen LogP contribution in [0.15, 0.2) is 54.6 Å². The molecular formula is C28H31N7O6. The number of carbonyl (C=O) groups excluding carboxylic acids is 2. The molecule has 0 saturated carbocycles. The first-order chi connectivity index (χ1) is 19.7. The summed E-state index contributed by atoms with van der Waals surface area (Å²) < 4.78 is 14.7. The van der Waals surface area contributed by atoms with Gasteiger partial charge in [-0.05, 0) is 49.7 Å². The second-order valence-corrected chi connectivity index (χ2v) is 8.99. The average molecular weight is 562 g/mol. The Balaban J connectivity index is 1.75. The van der Waals surface area contributed by atoms with E-state index in [9.17, 15) is 14.4 Å². The normalized spacial score (nSPS) is 11.1. The average Bonchev–Trinajstić information content (AvgIpc) is 3.51. The van der Waals surface area contributed by atoms with E-state index < -0.39 is 17.9 Å². The molecular weight excluding hydrogens is 530 g/mol.